The van der Waals surface area contributed by atoms with Crippen molar-refractivity contribution >= 4 is 29.6 Å². The smallest absolute Gasteiger partial charge is 0.139 e. The van der Waals surface area contributed by atoms with Crippen LogP contribution in [0.15, 0.2) is 65.4 Å². The number of aryl methyl sites for hydroxylation is 1. The van der Waals surface area contributed by atoms with E-state index in [-0.39, 0.29) is 6.61 Å². The predicted molar refractivity (Wildman–Crippen MR) is 135 cm³/mol. The van der Waals surface area contributed by atoms with E-state index < -0.39 is 0 Å². The van der Waals surface area contributed by atoms with Gasteiger partial charge in [-0.25, -0.2) is 0 Å². The van der Waals surface area contributed by atoms with Gasteiger partial charge in [0.2, 0.25) is 0 Å². The lowest BCUT2D eigenvalue weighted by Gasteiger charge is -2.37. The van der Waals surface area contributed by atoms with Crippen LogP contribution < -0.4 is 10.2 Å². The van der Waals surface area contributed by atoms with Gasteiger partial charge in [-0.2, -0.15) is 0 Å². The van der Waals surface area contributed by atoms with E-state index in [1.807, 2.05) is 18.9 Å². The van der Waals surface area contributed by atoms with Crippen molar-refractivity contribution in [1.29, 1.82) is 5.41 Å². The van der Waals surface area contributed by atoms with Gasteiger partial charge in [0.15, 0.2) is 0 Å². The third-order valence-electron chi connectivity index (χ3n) is 4.77. The van der Waals surface area contributed by atoms with E-state index in [0.29, 0.717) is 5.84 Å². The van der Waals surface area contributed by atoms with Crippen LogP contribution in [0.5, 0.6) is 0 Å². The lowest BCUT2D eigenvalue weighted by molar-refractivity contribution is 0.341. The van der Waals surface area contributed by atoms with E-state index >= 15 is 0 Å². The van der Waals surface area contributed by atoms with Crippen LogP contribution >= 0.6 is 0 Å². The average molecular weight is 425 g/mol. The summed E-state index contributed by atoms with van der Waals surface area (Å²) in [5, 5.41) is 19.6. The van der Waals surface area contributed by atoms with Crippen molar-refractivity contribution in [2.45, 2.75) is 20.3 Å². The Balaban J connectivity index is 0.000000452. The monoisotopic (exact) mass is 424 g/mol. The molecule has 0 atom stereocenters. The summed E-state index contributed by atoms with van der Waals surface area (Å²) in [6, 6.07) is 6.60. The normalized spacial score (nSPS) is 14.4. The number of allylic oxidation sites excluding steroid dienone is 2. The van der Waals surface area contributed by atoms with E-state index in [0.717, 1.165) is 44.0 Å². The van der Waals surface area contributed by atoms with Gasteiger partial charge >= 0.3 is 0 Å². The van der Waals surface area contributed by atoms with E-state index in [4.69, 9.17) is 10.5 Å². The van der Waals surface area contributed by atoms with Gasteiger partial charge < -0.3 is 20.2 Å². The Labute approximate surface area is 186 Å². The first-order valence-corrected chi connectivity index (χ1v) is 10.5. The molecule has 1 aliphatic heterocycles. The molecular formula is C24H36N6O. The molecule has 3 N–H and O–H groups in total. The number of piperazine rings is 1. The zero-order valence-corrected chi connectivity index (χ0v) is 19.0. The molecule has 0 bridgehead atoms. The summed E-state index contributed by atoms with van der Waals surface area (Å²) in [4.78, 5) is 12.2. The van der Waals surface area contributed by atoms with Crippen LogP contribution in [0.4, 0.5) is 11.4 Å². The summed E-state index contributed by atoms with van der Waals surface area (Å²) in [5.41, 5.74) is 4.57. The number of rotatable bonds is 8. The van der Waals surface area contributed by atoms with E-state index in [9.17, 15) is 0 Å². The molecule has 168 valence electrons. The molecule has 0 amide bonds. The molecule has 1 fully saturated rings. The molecule has 1 aromatic carbocycles. The molecule has 0 radical (unpaired) electrons. The molecule has 0 aliphatic carbocycles. The fraction of sp³-hybridized carbons (Fsp3) is 0.375. The highest BCUT2D eigenvalue weighted by molar-refractivity contribution is 6.27. The molecule has 1 saturated heterocycles. The Morgan fingerprint density at radius 2 is 1.97 bits per heavy atom. The van der Waals surface area contributed by atoms with Crippen LogP contribution in [0, 0.1) is 5.41 Å². The zero-order chi connectivity index (χ0) is 23.1. The van der Waals surface area contributed by atoms with Crippen molar-refractivity contribution in [1.82, 2.24) is 4.90 Å². The van der Waals surface area contributed by atoms with Gasteiger partial charge in [0.25, 0.3) is 0 Å². The Hall–Kier alpha value is -3.19. The number of aliphatic imine (C=N–C) groups is 2. The maximum atomic E-state index is 8.36. The molecule has 1 aliphatic rings. The number of aliphatic hydroxyl groups excluding tert-OH is 1. The first kappa shape index (κ1) is 25.8. The highest BCUT2D eigenvalue weighted by atomic mass is 16.2. The molecule has 7 heteroatoms. The van der Waals surface area contributed by atoms with Gasteiger partial charge in [-0.15, -0.1) is 0 Å². The molecule has 0 aromatic heterocycles. The maximum absolute atomic E-state index is 8.36. The summed E-state index contributed by atoms with van der Waals surface area (Å²) in [6.45, 7) is 14.5. The number of anilines is 2. The highest BCUT2D eigenvalue weighted by Gasteiger charge is 2.20. The van der Waals surface area contributed by atoms with E-state index in [2.05, 4.69) is 58.5 Å². The van der Waals surface area contributed by atoms with Gasteiger partial charge in [-0.3, -0.25) is 15.4 Å². The number of hydrogen-bond acceptors (Lipinski definition) is 6. The summed E-state index contributed by atoms with van der Waals surface area (Å²) in [6.07, 6.45) is 8.86. The van der Waals surface area contributed by atoms with Crippen LogP contribution in [0.25, 0.3) is 0 Å². The number of hydrogen-bond donors (Lipinski definition) is 3. The number of benzene rings is 1. The van der Waals surface area contributed by atoms with E-state index in [1.54, 1.807) is 24.6 Å². The van der Waals surface area contributed by atoms with Crippen molar-refractivity contribution in [2.75, 3.05) is 50.1 Å². The number of amidine groups is 1. The third-order valence-corrected chi connectivity index (χ3v) is 4.77. The van der Waals surface area contributed by atoms with Crippen LogP contribution in [-0.2, 0) is 6.42 Å². The van der Waals surface area contributed by atoms with Gasteiger partial charge in [0.1, 0.15) is 5.84 Å². The fourth-order valence-electron chi connectivity index (χ4n) is 3.02. The maximum Gasteiger partial charge on any atom is 0.139 e. The molecule has 0 spiro atoms. The van der Waals surface area contributed by atoms with Crippen molar-refractivity contribution < 1.29 is 5.11 Å². The quantitative estimate of drug-likeness (QED) is 0.438. The minimum atomic E-state index is 0.0420. The molecule has 31 heavy (non-hydrogen) atoms. The predicted octanol–water partition coefficient (Wildman–Crippen LogP) is 3.74. The van der Waals surface area contributed by atoms with Gasteiger partial charge in [0, 0.05) is 51.3 Å². The topological polar surface area (TPSA) is 87.3 Å². The number of aliphatic hydroxyl groups is 1. The van der Waals surface area contributed by atoms with Gasteiger partial charge in [-0.05, 0) is 37.1 Å². The van der Waals surface area contributed by atoms with E-state index in [1.165, 1.54) is 17.5 Å². The average Bonchev–Trinajstić information content (AvgIpc) is 2.81. The Morgan fingerprint density at radius 1 is 1.26 bits per heavy atom. The standard InChI is InChI=1S/C17H25N5.C7H11NO/c1-4-14-6-7-15(19-3)16(12-14)21-8-10-22(11-9-21)17(18)13-20-5-2;1-3-5-8-7(2)4-6-9/h5-7,12-13,18-19H,2,4,8-11H2,1,3H3;3-5,9H,1,6H2,2H3/b;7-4+,8-5?. The fourth-order valence-corrected chi connectivity index (χ4v) is 3.02. The number of nitrogens with one attached hydrogen (secondary N) is 2. The molecule has 1 heterocycles. The van der Waals surface area contributed by atoms with Crippen molar-refractivity contribution in [3.05, 3.63) is 61.0 Å². The third kappa shape index (κ3) is 9.00. The zero-order valence-electron chi connectivity index (χ0n) is 19.0. The van der Waals surface area contributed by atoms with Crippen molar-refractivity contribution in [3.8, 4) is 0 Å². The molecule has 2 rings (SSSR count). The first-order chi connectivity index (χ1) is 15.0. The van der Waals surface area contributed by atoms with Gasteiger partial charge in [0.05, 0.1) is 24.2 Å². The molecule has 1 aromatic rings. The Kier molecular flexibility index (Phi) is 12.3. The lowest BCUT2D eigenvalue weighted by Crippen LogP contribution is -2.49. The summed E-state index contributed by atoms with van der Waals surface area (Å²) >= 11 is 0. The molecule has 7 nitrogen and oxygen atoms in total. The second-order valence-electron chi connectivity index (χ2n) is 6.82. The molecular weight excluding hydrogens is 388 g/mol. The Bertz CT molecular complexity index is 804. The second kappa shape index (κ2) is 14.7. The second-order valence-corrected chi connectivity index (χ2v) is 6.82. The molecule has 0 unspecified atom stereocenters. The van der Waals surface area contributed by atoms with Gasteiger partial charge in [-0.1, -0.05) is 32.2 Å². The SMILES string of the molecule is C=CC=N/C(C)=C/CO.C=CN=CC(=N)N1CCN(c2cc(CC)ccc2NC)CC1. The Morgan fingerprint density at radius 3 is 2.52 bits per heavy atom. The largest absolute Gasteiger partial charge is 0.392 e. The highest BCUT2D eigenvalue weighted by Crippen LogP contribution is 2.28. The van der Waals surface area contributed by atoms with Crippen LogP contribution in [0.3, 0.4) is 0 Å². The summed E-state index contributed by atoms with van der Waals surface area (Å²) in [7, 11) is 1.96. The van der Waals surface area contributed by atoms with Crippen LogP contribution in [0.1, 0.15) is 19.4 Å². The van der Waals surface area contributed by atoms with Crippen molar-refractivity contribution in [2.24, 2.45) is 9.98 Å². The molecule has 0 saturated carbocycles. The summed E-state index contributed by atoms with van der Waals surface area (Å²) in [5.74, 6) is 0.454. The minimum Gasteiger partial charge on any atom is -0.392 e. The van der Waals surface area contributed by atoms with Crippen molar-refractivity contribution in [3.63, 3.8) is 0 Å². The lowest BCUT2D eigenvalue weighted by atomic mass is 10.1. The van der Waals surface area contributed by atoms with Crippen LogP contribution in [-0.4, -0.2) is 68.1 Å². The summed E-state index contributed by atoms with van der Waals surface area (Å²) < 4.78 is 0. The minimum absolute atomic E-state index is 0.0420. The number of nitrogens with zero attached hydrogens (tertiary/aromatic N) is 4. The van der Waals surface area contributed by atoms with Crippen LogP contribution in [0.2, 0.25) is 0 Å². The first-order valence-electron chi connectivity index (χ1n) is 10.5.